The topological polar surface area (TPSA) is 107 Å². The number of aliphatic hydroxyl groups excluding tert-OH is 1. The zero-order valence-corrected chi connectivity index (χ0v) is 24.2. The number of ether oxygens (including phenoxy) is 5. The SMILES string of the molecule is COc1ccc(C(O)N(C(=O)OC(C)(C)C)C(CC(C)C)[C@@H](C)C(=O)OC2OC2C(C)(C)C)c(OC)c1. The summed E-state index contributed by atoms with van der Waals surface area (Å²) in [5, 5.41) is 11.6. The number of carbonyl (C=O) groups is 2. The summed E-state index contributed by atoms with van der Waals surface area (Å²) in [7, 11) is 2.99. The summed E-state index contributed by atoms with van der Waals surface area (Å²) < 4.78 is 27.7. The maximum absolute atomic E-state index is 13.6. The molecular formula is C28H45NO8. The van der Waals surface area contributed by atoms with E-state index in [9.17, 15) is 14.7 Å². The van der Waals surface area contributed by atoms with Crippen LogP contribution in [0.25, 0.3) is 0 Å². The van der Waals surface area contributed by atoms with Crippen molar-refractivity contribution >= 4 is 12.1 Å². The number of esters is 1. The number of rotatable bonds is 10. The lowest BCUT2D eigenvalue weighted by molar-refractivity contribution is -0.157. The zero-order valence-electron chi connectivity index (χ0n) is 24.2. The van der Waals surface area contributed by atoms with Crippen molar-refractivity contribution in [2.75, 3.05) is 14.2 Å². The molecule has 1 fully saturated rings. The van der Waals surface area contributed by atoms with Gasteiger partial charge in [-0.25, -0.2) is 4.79 Å². The molecule has 1 aromatic carbocycles. The van der Waals surface area contributed by atoms with Gasteiger partial charge in [0.15, 0.2) is 6.23 Å². The molecule has 9 heteroatoms. The number of methoxy groups -OCH3 is 2. The molecule has 0 bridgehead atoms. The fraction of sp³-hybridized carbons (Fsp3) is 0.714. The quantitative estimate of drug-likeness (QED) is 0.250. The van der Waals surface area contributed by atoms with Crippen molar-refractivity contribution in [2.45, 2.75) is 99.0 Å². The van der Waals surface area contributed by atoms with Crippen LogP contribution in [0.3, 0.4) is 0 Å². The van der Waals surface area contributed by atoms with Crippen LogP contribution in [0.5, 0.6) is 11.5 Å². The molecule has 0 aliphatic carbocycles. The van der Waals surface area contributed by atoms with Crippen molar-refractivity contribution in [1.82, 2.24) is 4.90 Å². The summed E-state index contributed by atoms with van der Waals surface area (Å²) in [5.74, 6) is -0.332. The summed E-state index contributed by atoms with van der Waals surface area (Å²) in [6.45, 7) is 16.9. The Morgan fingerprint density at radius 3 is 2.14 bits per heavy atom. The first-order chi connectivity index (χ1) is 17.0. The Kier molecular flexibility index (Phi) is 9.87. The van der Waals surface area contributed by atoms with Crippen LogP contribution < -0.4 is 9.47 Å². The van der Waals surface area contributed by atoms with Crippen LogP contribution in [-0.2, 0) is 19.0 Å². The highest BCUT2D eigenvalue weighted by Crippen LogP contribution is 2.40. The predicted octanol–water partition coefficient (Wildman–Crippen LogP) is 5.30. The number of epoxide rings is 1. The van der Waals surface area contributed by atoms with Gasteiger partial charge in [0.05, 0.1) is 26.2 Å². The average Bonchev–Trinajstić information content (AvgIpc) is 3.55. The lowest BCUT2D eigenvalue weighted by Gasteiger charge is -2.39. The fourth-order valence-corrected chi connectivity index (χ4v) is 4.13. The second kappa shape index (κ2) is 11.9. The highest BCUT2D eigenvalue weighted by atomic mass is 16.8. The van der Waals surface area contributed by atoms with E-state index in [0.29, 0.717) is 23.5 Å². The van der Waals surface area contributed by atoms with Crippen LogP contribution in [-0.4, -0.2) is 60.3 Å². The molecule has 4 unspecified atom stereocenters. The number of hydrogen-bond acceptors (Lipinski definition) is 8. The van der Waals surface area contributed by atoms with Crippen molar-refractivity contribution < 1.29 is 38.4 Å². The van der Waals surface area contributed by atoms with Crippen molar-refractivity contribution in [3.63, 3.8) is 0 Å². The average molecular weight is 524 g/mol. The Hall–Kier alpha value is -2.52. The first-order valence-electron chi connectivity index (χ1n) is 12.8. The normalized spacial score (nSPS) is 20.0. The summed E-state index contributed by atoms with van der Waals surface area (Å²) in [4.78, 5) is 28.0. The first-order valence-corrected chi connectivity index (χ1v) is 12.8. The summed E-state index contributed by atoms with van der Waals surface area (Å²) in [6.07, 6.45) is -2.62. The molecule has 9 nitrogen and oxygen atoms in total. The summed E-state index contributed by atoms with van der Waals surface area (Å²) in [6, 6.07) is 4.18. The Balaban J connectivity index is 2.47. The smallest absolute Gasteiger partial charge is 0.412 e. The van der Waals surface area contributed by atoms with Crippen molar-refractivity contribution in [3.8, 4) is 11.5 Å². The Morgan fingerprint density at radius 1 is 1.05 bits per heavy atom. The first kappa shape index (κ1) is 30.7. The molecule has 1 N–H and O–H groups in total. The number of carbonyl (C=O) groups excluding carboxylic acids is 2. The van der Waals surface area contributed by atoms with Gasteiger partial charge >= 0.3 is 12.1 Å². The molecule has 5 atom stereocenters. The highest BCUT2D eigenvalue weighted by molar-refractivity contribution is 5.75. The zero-order chi connectivity index (χ0) is 28.3. The third-order valence-corrected chi connectivity index (χ3v) is 6.14. The van der Waals surface area contributed by atoms with E-state index in [1.54, 1.807) is 45.9 Å². The Morgan fingerprint density at radius 2 is 1.68 bits per heavy atom. The van der Waals surface area contributed by atoms with Crippen LogP contribution in [0.2, 0.25) is 0 Å². The van der Waals surface area contributed by atoms with Crippen LogP contribution in [0.4, 0.5) is 4.79 Å². The molecule has 1 aromatic rings. The van der Waals surface area contributed by atoms with Crippen molar-refractivity contribution in [2.24, 2.45) is 17.3 Å². The van der Waals surface area contributed by atoms with Gasteiger partial charge in [-0.15, -0.1) is 0 Å². The van der Waals surface area contributed by atoms with E-state index in [2.05, 4.69) is 0 Å². The van der Waals surface area contributed by atoms with Crippen molar-refractivity contribution in [3.05, 3.63) is 23.8 Å². The number of hydrogen-bond donors (Lipinski definition) is 1. The molecule has 1 heterocycles. The standard InChI is InChI=1S/C28H45NO8/c1-16(2)14-20(17(3)24(31)36-25-22(35-25)27(4,5)6)29(26(32)37-28(7,8)9)23(30)19-13-12-18(33-10)15-21(19)34-11/h12-13,15-17,20,22-23,25,30H,14H2,1-11H3/t17-,20?,22?,23?,25?/m1/s1. The van der Waals surface area contributed by atoms with E-state index < -0.39 is 42.1 Å². The minimum absolute atomic E-state index is 0.0923. The maximum atomic E-state index is 13.6. The van der Waals surface area contributed by atoms with Crippen LogP contribution in [0.15, 0.2) is 18.2 Å². The molecule has 1 amide bonds. The minimum atomic E-state index is -1.46. The molecule has 1 saturated heterocycles. The number of nitrogens with zero attached hydrogens (tertiary/aromatic N) is 1. The van der Waals surface area contributed by atoms with Crippen LogP contribution in [0.1, 0.15) is 80.5 Å². The molecule has 37 heavy (non-hydrogen) atoms. The van der Waals surface area contributed by atoms with E-state index in [0.717, 1.165) is 0 Å². The van der Waals surface area contributed by atoms with Gasteiger partial charge in [0.2, 0.25) is 6.29 Å². The Bertz CT molecular complexity index is 933. The second-order valence-electron chi connectivity index (χ2n) is 12.1. The van der Waals surface area contributed by atoms with E-state index >= 15 is 0 Å². The van der Waals surface area contributed by atoms with Gasteiger partial charge < -0.3 is 28.8 Å². The highest BCUT2D eigenvalue weighted by Gasteiger charge is 2.51. The largest absolute Gasteiger partial charge is 0.497 e. The third-order valence-electron chi connectivity index (χ3n) is 6.14. The molecule has 0 spiro atoms. The predicted molar refractivity (Wildman–Crippen MR) is 139 cm³/mol. The summed E-state index contributed by atoms with van der Waals surface area (Å²) >= 11 is 0. The van der Waals surface area contributed by atoms with Crippen molar-refractivity contribution in [1.29, 1.82) is 0 Å². The Labute approximate surface area is 221 Å². The third kappa shape index (κ3) is 8.23. The molecular weight excluding hydrogens is 478 g/mol. The minimum Gasteiger partial charge on any atom is -0.497 e. The molecule has 0 aromatic heterocycles. The number of amides is 1. The summed E-state index contributed by atoms with van der Waals surface area (Å²) in [5.41, 5.74) is -0.663. The van der Waals surface area contributed by atoms with Gasteiger partial charge in [0.25, 0.3) is 0 Å². The molecule has 1 aliphatic heterocycles. The van der Waals surface area contributed by atoms with Gasteiger partial charge in [-0.2, -0.15) is 0 Å². The van der Waals surface area contributed by atoms with Gasteiger partial charge in [0.1, 0.15) is 23.2 Å². The van der Waals surface area contributed by atoms with E-state index in [1.165, 1.54) is 19.1 Å². The van der Waals surface area contributed by atoms with E-state index in [4.69, 9.17) is 23.7 Å². The fourth-order valence-electron chi connectivity index (χ4n) is 4.13. The molecule has 1 aliphatic rings. The molecule has 0 radical (unpaired) electrons. The lowest BCUT2D eigenvalue weighted by Crippen LogP contribution is -2.50. The van der Waals surface area contributed by atoms with Gasteiger partial charge in [-0.05, 0) is 57.6 Å². The van der Waals surface area contributed by atoms with Gasteiger partial charge in [0, 0.05) is 11.6 Å². The van der Waals surface area contributed by atoms with E-state index in [-0.39, 0.29) is 17.4 Å². The maximum Gasteiger partial charge on any atom is 0.412 e. The molecule has 210 valence electrons. The molecule has 2 rings (SSSR count). The van der Waals surface area contributed by atoms with Gasteiger partial charge in [-0.1, -0.05) is 34.6 Å². The second-order valence-corrected chi connectivity index (χ2v) is 12.1. The molecule has 0 saturated carbocycles. The van der Waals surface area contributed by atoms with E-state index in [1.807, 2.05) is 34.6 Å². The monoisotopic (exact) mass is 523 g/mol. The number of benzene rings is 1. The van der Waals surface area contributed by atoms with Crippen LogP contribution in [0, 0.1) is 17.3 Å². The van der Waals surface area contributed by atoms with Crippen LogP contribution >= 0.6 is 0 Å². The number of aliphatic hydroxyl groups is 1. The van der Waals surface area contributed by atoms with Gasteiger partial charge in [-0.3, -0.25) is 9.69 Å². The lowest BCUT2D eigenvalue weighted by atomic mass is 9.90.